The van der Waals surface area contributed by atoms with E-state index >= 15 is 0 Å². The number of rotatable bonds is 1. The van der Waals surface area contributed by atoms with Gasteiger partial charge < -0.3 is 10.4 Å². The number of nitrogen functional groups attached to an aromatic ring is 1. The molecule has 1 saturated carbocycles. The molecule has 6 nitrogen and oxygen atoms in total. The number of hydrogen-bond acceptors (Lipinski definition) is 4. The Labute approximate surface area is 144 Å². The molecule has 0 spiro atoms. The standard InChI is InChI=1S/C19H22N4O2/c1-11-4-3-5-17(12(11)2)22-8-6-15-13(18(22)24)10-14-16(21-15)7-9-23(20)19(14)25/h6-12,17H,3-5,20H2,1-2H3/t11-,12-,17+/m1/s1. The van der Waals surface area contributed by atoms with Crippen molar-refractivity contribution in [3.63, 3.8) is 0 Å². The van der Waals surface area contributed by atoms with Crippen molar-refractivity contribution in [1.82, 2.24) is 14.2 Å². The van der Waals surface area contributed by atoms with Crippen LogP contribution in [-0.2, 0) is 0 Å². The summed E-state index contributed by atoms with van der Waals surface area (Å²) in [6.07, 6.45) is 6.69. The third-order valence-corrected chi connectivity index (χ3v) is 5.82. The topological polar surface area (TPSA) is 82.9 Å². The molecule has 0 aromatic carbocycles. The minimum atomic E-state index is -0.346. The largest absolute Gasteiger partial charge is 0.336 e. The summed E-state index contributed by atoms with van der Waals surface area (Å²) in [7, 11) is 0. The molecule has 2 N–H and O–H groups in total. The first-order valence-electron chi connectivity index (χ1n) is 8.79. The summed E-state index contributed by atoms with van der Waals surface area (Å²) in [4.78, 5) is 29.8. The third kappa shape index (κ3) is 2.44. The average Bonchev–Trinajstić information content (AvgIpc) is 2.61. The van der Waals surface area contributed by atoms with Gasteiger partial charge >= 0.3 is 0 Å². The number of nitrogens with zero attached hydrogens (tertiary/aromatic N) is 3. The van der Waals surface area contributed by atoms with Crippen LogP contribution in [0.1, 0.15) is 39.2 Å². The minimum Gasteiger partial charge on any atom is -0.336 e. The molecule has 0 amide bonds. The van der Waals surface area contributed by atoms with Gasteiger partial charge in [-0.3, -0.25) is 9.59 Å². The predicted molar refractivity (Wildman–Crippen MR) is 99.1 cm³/mol. The first kappa shape index (κ1) is 15.9. The highest BCUT2D eigenvalue weighted by Crippen LogP contribution is 2.37. The van der Waals surface area contributed by atoms with Gasteiger partial charge in [-0.1, -0.05) is 26.7 Å². The van der Waals surface area contributed by atoms with Crippen LogP contribution in [-0.4, -0.2) is 14.2 Å². The van der Waals surface area contributed by atoms with Crippen molar-refractivity contribution in [1.29, 1.82) is 0 Å². The van der Waals surface area contributed by atoms with Crippen LogP contribution < -0.4 is 17.0 Å². The molecular formula is C19H22N4O2. The molecule has 4 rings (SSSR count). The van der Waals surface area contributed by atoms with E-state index in [2.05, 4.69) is 18.8 Å². The molecular weight excluding hydrogens is 316 g/mol. The molecule has 130 valence electrons. The van der Waals surface area contributed by atoms with Crippen molar-refractivity contribution >= 4 is 21.8 Å². The maximum absolute atomic E-state index is 13.1. The number of nitrogens with two attached hydrogens (primary N) is 1. The van der Waals surface area contributed by atoms with E-state index in [-0.39, 0.29) is 17.2 Å². The lowest BCUT2D eigenvalue weighted by atomic mass is 9.78. The van der Waals surface area contributed by atoms with E-state index in [1.807, 2.05) is 16.8 Å². The zero-order valence-electron chi connectivity index (χ0n) is 14.5. The molecule has 0 radical (unpaired) electrons. The molecule has 1 fully saturated rings. The molecule has 0 aliphatic heterocycles. The Bertz CT molecular complexity index is 1080. The van der Waals surface area contributed by atoms with E-state index < -0.39 is 0 Å². The van der Waals surface area contributed by atoms with Gasteiger partial charge in [-0.2, -0.15) is 0 Å². The smallest absolute Gasteiger partial charge is 0.278 e. The zero-order valence-corrected chi connectivity index (χ0v) is 14.5. The normalized spacial score (nSPS) is 24.0. The highest BCUT2D eigenvalue weighted by Gasteiger charge is 2.29. The van der Waals surface area contributed by atoms with Crippen molar-refractivity contribution in [2.75, 3.05) is 5.84 Å². The summed E-state index contributed by atoms with van der Waals surface area (Å²) in [6, 6.07) is 5.39. The Morgan fingerprint density at radius 3 is 2.48 bits per heavy atom. The van der Waals surface area contributed by atoms with Gasteiger partial charge in [0.15, 0.2) is 0 Å². The van der Waals surface area contributed by atoms with Gasteiger partial charge in [0.05, 0.1) is 21.8 Å². The van der Waals surface area contributed by atoms with Gasteiger partial charge in [-0.05, 0) is 36.5 Å². The average molecular weight is 338 g/mol. The molecule has 3 aromatic rings. The molecule has 3 aromatic heterocycles. The second kappa shape index (κ2) is 5.72. The molecule has 0 unspecified atom stereocenters. The number of hydrogen-bond donors (Lipinski definition) is 1. The third-order valence-electron chi connectivity index (χ3n) is 5.82. The van der Waals surface area contributed by atoms with Gasteiger partial charge in [0.25, 0.3) is 11.1 Å². The number of aromatic nitrogens is 3. The van der Waals surface area contributed by atoms with E-state index in [9.17, 15) is 9.59 Å². The fraction of sp³-hybridized carbons (Fsp3) is 0.421. The summed E-state index contributed by atoms with van der Waals surface area (Å²) >= 11 is 0. The van der Waals surface area contributed by atoms with Crippen LogP contribution in [0.2, 0.25) is 0 Å². The maximum Gasteiger partial charge on any atom is 0.278 e. The highest BCUT2D eigenvalue weighted by atomic mass is 16.1. The van der Waals surface area contributed by atoms with Crippen molar-refractivity contribution < 1.29 is 0 Å². The Balaban J connectivity index is 1.95. The predicted octanol–water partition coefficient (Wildman–Crippen LogP) is 2.42. The van der Waals surface area contributed by atoms with Crippen LogP contribution in [0.15, 0.2) is 40.2 Å². The molecule has 3 heterocycles. The first-order chi connectivity index (χ1) is 12.0. The van der Waals surface area contributed by atoms with Gasteiger partial charge in [0.2, 0.25) is 0 Å². The fourth-order valence-electron chi connectivity index (χ4n) is 4.06. The van der Waals surface area contributed by atoms with Crippen LogP contribution in [0.4, 0.5) is 0 Å². The van der Waals surface area contributed by atoms with E-state index in [0.717, 1.165) is 17.5 Å². The molecule has 6 heteroatoms. The maximum atomic E-state index is 13.1. The van der Waals surface area contributed by atoms with Crippen LogP contribution in [0.3, 0.4) is 0 Å². The summed E-state index contributed by atoms with van der Waals surface area (Å²) < 4.78 is 2.85. The lowest BCUT2D eigenvalue weighted by molar-refractivity contribution is 0.183. The van der Waals surface area contributed by atoms with Crippen molar-refractivity contribution in [3.8, 4) is 0 Å². The van der Waals surface area contributed by atoms with Gasteiger partial charge in [0.1, 0.15) is 0 Å². The summed E-state index contributed by atoms with van der Waals surface area (Å²) in [5.74, 6) is 6.68. The Kier molecular flexibility index (Phi) is 3.63. The zero-order chi connectivity index (χ0) is 17.7. The van der Waals surface area contributed by atoms with E-state index in [1.54, 1.807) is 12.1 Å². The van der Waals surface area contributed by atoms with Crippen molar-refractivity contribution in [2.24, 2.45) is 11.8 Å². The van der Waals surface area contributed by atoms with Crippen LogP contribution in [0.25, 0.3) is 21.8 Å². The minimum absolute atomic E-state index is 0.0790. The highest BCUT2D eigenvalue weighted by molar-refractivity contribution is 5.91. The van der Waals surface area contributed by atoms with E-state index in [0.29, 0.717) is 33.6 Å². The molecule has 0 bridgehead atoms. The monoisotopic (exact) mass is 338 g/mol. The number of pyridine rings is 3. The molecule has 3 atom stereocenters. The molecule has 0 saturated heterocycles. The first-order valence-corrected chi connectivity index (χ1v) is 8.79. The summed E-state index contributed by atoms with van der Waals surface area (Å²) in [5, 5.41) is 0.848. The lowest BCUT2D eigenvalue weighted by Gasteiger charge is -2.35. The lowest BCUT2D eigenvalue weighted by Crippen LogP contribution is -2.33. The van der Waals surface area contributed by atoms with Gasteiger partial charge in [-0.15, -0.1) is 0 Å². The molecule has 1 aliphatic carbocycles. The SMILES string of the molecule is C[C@@H]1[C@H](C)CCC[C@@H]1n1ccc2nc3ccn(N)c(=O)c3cc2c1=O. The number of fused-ring (bicyclic) bond motifs is 2. The Morgan fingerprint density at radius 2 is 1.72 bits per heavy atom. The van der Waals surface area contributed by atoms with E-state index in [1.165, 1.54) is 12.6 Å². The van der Waals surface area contributed by atoms with E-state index in [4.69, 9.17) is 5.84 Å². The van der Waals surface area contributed by atoms with Gasteiger partial charge in [0, 0.05) is 18.4 Å². The second-order valence-corrected chi connectivity index (χ2v) is 7.24. The van der Waals surface area contributed by atoms with Crippen LogP contribution in [0.5, 0.6) is 0 Å². The molecule has 25 heavy (non-hydrogen) atoms. The fourth-order valence-corrected chi connectivity index (χ4v) is 4.06. The van der Waals surface area contributed by atoms with Crippen LogP contribution >= 0.6 is 0 Å². The van der Waals surface area contributed by atoms with Crippen molar-refractivity contribution in [2.45, 2.75) is 39.2 Å². The Morgan fingerprint density at radius 1 is 1.04 bits per heavy atom. The second-order valence-electron chi connectivity index (χ2n) is 7.24. The summed E-state index contributed by atoms with van der Waals surface area (Å²) in [5.41, 5.74) is 0.737. The quantitative estimate of drug-likeness (QED) is 0.546. The van der Waals surface area contributed by atoms with Crippen LogP contribution in [0, 0.1) is 11.8 Å². The van der Waals surface area contributed by atoms with Gasteiger partial charge in [-0.25, -0.2) is 9.66 Å². The van der Waals surface area contributed by atoms with Crippen molar-refractivity contribution in [3.05, 3.63) is 51.3 Å². The summed E-state index contributed by atoms with van der Waals surface area (Å²) in [6.45, 7) is 4.47. The Hall–Kier alpha value is -2.63. The molecule has 1 aliphatic rings.